The topological polar surface area (TPSA) is 41.1 Å². The molecule has 0 saturated heterocycles. The Morgan fingerprint density at radius 1 is 1.39 bits per heavy atom. The minimum Gasteiger partial charge on any atom is -0.373 e. The second-order valence-corrected chi connectivity index (χ2v) is 4.75. The van der Waals surface area contributed by atoms with Crippen LogP contribution in [0.5, 0.6) is 0 Å². The summed E-state index contributed by atoms with van der Waals surface area (Å²) in [5, 5.41) is 5.21. The Hall–Kier alpha value is -1.36. The summed E-state index contributed by atoms with van der Waals surface area (Å²) < 4.78 is 26.2. The highest BCUT2D eigenvalue weighted by Crippen LogP contribution is 2.28. The van der Waals surface area contributed by atoms with E-state index in [4.69, 9.17) is 11.6 Å². The lowest BCUT2D eigenvalue weighted by atomic mass is 10.3. The van der Waals surface area contributed by atoms with E-state index in [1.54, 1.807) is 0 Å². The predicted molar refractivity (Wildman–Crippen MR) is 65.6 cm³/mol. The molecule has 1 fully saturated rings. The molecule has 1 saturated carbocycles. The van der Waals surface area contributed by atoms with Gasteiger partial charge in [-0.05, 0) is 24.8 Å². The summed E-state index contributed by atoms with van der Waals surface area (Å²) in [6, 6.07) is 1.71. The Bertz CT molecular complexity index is 440. The standard InChI is InChI=1S/C12H13ClF2N2O/c13-9-3-8(14)4-10(15)12(9)17-6-11(18)16-5-7-1-2-7/h3-4,7,17H,1-2,5-6H2,(H,16,18). The molecule has 1 amide bonds. The van der Waals surface area contributed by atoms with E-state index in [1.165, 1.54) is 0 Å². The first-order valence-electron chi connectivity index (χ1n) is 5.71. The molecule has 0 radical (unpaired) electrons. The smallest absolute Gasteiger partial charge is 0.239 e. The highest BCUT2D eigenvalue weighted by molar-refractivity contribution is 6.33. The zero-order chi connectivity index (χ0) is 13.1. The molecule has 0 spiro atoms. The van der Waals surface area contributed by atoms with E-state index >= 15 is 0 Å². The fourth-order valence-corrected chi connectivity index (χ4v) is 1.78. The first-order valence-corrected chi connectivity index (χ1v) is 6.09. The molecule has 0 aromatic heterocycles. The van der Waals surface area contributed by atoms with Gasteiger partial charge in [0, 0.05) is 12.6 Å². The van der Waals surface area contributed by atoms with Crippen LogP contribution in [0.3, 0.4) is 0 Å². The van der Waals surface area contributed by atoms with Gasteiger partial charge in [0.05, 0.1) is 17.3 Å². The van der Waals surface area contributed by atoms with Crippen molar-refractivity contribution < 1.29 is 13.6 Å². The van der Waals surface area contributed by atoms with Crippen molar-refractivity contribution in [2.24, 2.45) is 5.92 Å². The zero-order valence-electron chi connectivity index (χ0n) is 9.60. The lowest BCUT2D eigenvalue weighted by molar-refractivity contribution is -0.119. The van der Waals surface area contributed by atoms with Crippen LogP contribution in [0, 0.1) is 17.6 Å². The van der Waals surface area contributed by atoms with Crippen molar-refractivity contribution in [3.05, 3.63) is 28.8 Å². The number of carbonyl (C=O) groups excluding carboxylic acids is 1. The van der Waals surface area contributed by atoms with Crippen LogP contribution in [0.1, 0.15) is 12.8 Å². The van der Waals surface area contributed by atoms with Crippen LogP contribution in [0.2, 0.25) is 5.02 Å². The normalized spacial score (nSPS) is 14.4. The van der Waals surface area contributed by atoms with E-state index in [0.29, 0.717) is 12.5 Å². The largest absolute Gasteiger partial charge is 0.373 e. The lowest BCUT2D eigenvalue weighted by Gasteiger charge is -2.10. The summed E-state index contributed by atoms with van der Waals surface area (Å²) in [4.78, 5) is 11.4. The number of rotatable bonds is 5. The third-order valence-corrected chi connectivity index (χ3v) is 3.02. The van der Waals surface area contributed by atoms with Crippen LogP contribution < -0.4 is 10.6 Å². The van der Waals surface area contributed by atoms with Gasteiger partial charge >= 0.3 is 0 Å². The maximum atomic E-state index is 13.4. The molecule has 0 atom stereocenters. The van der Waals surface area contributed by atoms with E-state index in [-0.39, 0.29) is 23.2 Å². The van der Waals surface area contributed by atoms with Crippen molar-refractivity contribution in [3.63, 3.8) is 0 Å². The van der Waals surface area contributed by atoms with Gasteiger partial charge in [-0.3, -0.25) is 4.79 Å². The number of anilines is 1. The molecule has 0 aliphatic heterocycles. The van der Waals surface area contributed by atoms with E-state index in [1.807, 2.05) is 0 Å². The number of halogens is 3. The number of hydrogen-bond acceptors (Lipinski definition) is 2. The van der Waals surface area contributed by atoms with Crippen LogP contribution in [0.15, 0.2) is 12.1 Å². The van der Waals surface area contributed by atoms with Crippen molar-refractivity contribution >= 4 is 23.2 Å². The van der Waals surface area contributed by atoms with Gasteiger partial charge in [0.1, 0.15) is 5.82 Å². The third kappa shape index (κ3) is 3.57. The fourth-order valence-electron chi connectivity index (χ4n) is 1.52. The van der Waals surface area contributed by atoms with Crippen LogP contribution in [0.4, 0.5) is 14.5 Å². The molecule has 2 N–H and O–H groups in total. The van der Waals surface area contributed by atoms with Crippen molar-refractivity contribution in [3.8, 4) is 0 Å². The maximum Gasteiger partial charge on any atom is 0.239 e. The average Bonchev–Trinajstić information content (AvgIpc) is 3.08. The van der Waals surface area contributed by atoms with Crippen LogP contribution in [0.25, 0.3) is 0 Å². The molecule has 0 bridgehead atoms. The Balaban J connectivity index is 1.86. The van der Waals surface area contributed by atoms with E-state index in [0.717, 1.165) is 25.0 Å². The Labute approximate surface area is 109 Å². The maximum absolute atomic E-state index is 13.4. The highest BCUT2D eigenvalue weighted by atomic mass is 35.5. The second-order valence-electron chi connectivity index (χ2n) is 4.35. The molecular formula is C12H13ClF2N2O. The van der Waals surface area contributed by atoms with Crippen molar-refractivity contribution in [2.75, 3.05) is 18.4 Å². The monoisotopic (exact) mass is 274 g/mol. The highest BCUT2D eigenvalue weighted by Gasteiger charge is 2.21. The molecule has 18 heavy (non-hydrogen) atoms. The molecule has 0 heterocycles. The average molecular weight is 275 g/mol. The van der Waals surface area contributed by atoms with Gasteiger partial charge in [0.25, 0.3) is 0 Å². The molecule has 1 aromatic rings. The van der Waals surface area contributed by atoms with Crippen LogP contribution >= 0.6 is 11.6 Å². The molecule has 98 valence electrons. The molecule has 0 unspecified atom stereocenters. The van der Waals surface area contributed by atoms with Gasteiger partial charge in [-0.1, -0.05) is 11.6 Å². The van der Waals surface area contributed by atoms with Gasteiger partial charge in [0.15, 0.2) is 5.82 Å². The van der Waals surface area contributed by atoms with Crippen LogP contribution in [-0.4, -0.2) is 19.0 Å². The quantitative estimate of drug-likeness (QED) is 0.866. The number of amides is 1. The van der Waals surface area contributed by atoms with Crippen molar-refractivity contribution in [2.45, 2.75) is 12.8 Å². The Morgan fingerprint density at radius 2 is 2.11 bits per heavy atom. The molecular weight excluding hydrogens is 262 g/mol. The summed E-state index contributed by atoms with van der Waals surface area (Å²) in [7, 11) is 0. The third-order valence-electron chi connectivity index (χ3n) is 2.72. The van der Waals surface area contributed by atoms with Gasteiger partial charge in [-0.15, -0.1) is 0 Å². The van der Waals surface area contributed by atoms with Crippen LogP contribution in [-0.2, 0) is 4.79 Å². The number of benzene rings is 1. The SMILES string of the molecule is O=C(CNc1c(F)cc(F)cc1Cl)NCC1CC1. The summed E-state index contributed by atoms with van der Waals surface area (Å²) >= 11 is 5.68. The minimum absolute atomic E-state index is 0.0559. The molecule has 1 aliphatic rings. The van der Waals surface area contributed by atoms with Gasteiger partial charge in [-0.2, -0.15) is 0 Å². The Kier molecular flexibility index (Phi) is 4.01. The predicted octanol–water partition coefficient (Wildman–Crippen LogP) is 2.56. The number of nitrogens with one attached hydrogen (secondary N) is 2. The van der Waals surface area contributed by atoms with E-state index in [2.05, 4.69) is 10.6 Å². The lowest BCUT2D eigenvalue weighted by Crippen LogP contribution is -2.31. The second kappa shape index (κ2) is 5.52. The Morgan fingerprint density at radius 3 is 2.72 bits per heavy atom. The summed E-state index contributed by atoms with van der Waals surface area (Å²) in [6.07, 6.45) is 2.29. The first kappa shape index (κ1) is 13.1. The first-order chi connectivity index (χ1) is 8.56. The minimum atomic E-state index is -0.810. The molecule has 2 rings (SSSR count). The molecule has 1 aromatic carbocycles. The fraction of sp³-hybridized carbons (Fsp3) is 0.417. The van der Waals surface area contributed by atoms with Crippen molar-refractivity contribution in [1.82, 2.24) is 5.32 Å². The van der Waals surface area contributed by atoms with E-state index in [9.17, 15) is 13.6 Å². The number of carbonyl (C=O) groups is 1. The summed E-state index contributed by atoms with van der Waals surface area (Å²) in [5.74, 6) is -1.21. The molecule has 1 aliphatic carbocycles. The van der Waals surface area contributed by atoms with Crippen molar-refractivity contribution in [1.29, 1.82) is 0 Å². The van der Waals surface area contributed by atoms with Gasteiger partial charge in [0.2, 0.25) is 5.91 Å². The van der Waals surface area contributed by atoms with E-state index < -0.39 is 11.6 Å². The molecule has 3 nitrogen and oxygen atoms in total. The summed E-state index contributed by atoms with van der Waals surface area (Å²) in [6.45, 7) is 0.565. The molecule has 6 heteroatoms. The number of hydrogen-bond donors (Lipinski definition) is 2. The summed E-state index contributed by atoms with van der Waals surface area (Å²) in [5.41, 5.74) is -0.0559. The zero-order valence-corrected chi connectivity index (χ0v) is 10.4. The van der Waals surface area contributed by atoms with Gasteiger partial charge < -0.3 is 10.6 Å². The van der Waals surface area contributed by atoms with Gasteiger partial charge in [-0.25, -0.2) is 8.78 Å².